The summed E-state index contributed by atoms with van der Waals surface area (Å²) in [7, 11) is 0. The zero-order valence-electron chi connectivity index (χ0n) is 18.9. The first-order chi connectivity index (χ1) is 15.5. The Labute approximate surface area is 220 Å². The normalized spacial score (nSPS) is 11.6. The zero-order valence-corrected chi connectivity index (χ0v) is 22.3. The molecule has 2 aromatic heterocycles. The van der Waals surface area contributed by atoms with Crippen LogP contribution in [0.5, 0.6) is 0 Å². The minimum absolute atomic E-state index is 0. The van der Waals surface area contributed by atoms with Crippen LogP contribution in [-0.4, -0.2) is 11.8 Å². The summed E-state index contributed by atoms with van der Waals surface area (Å²) in [5.74, 6) is -0.496. The summed E-state index contributed by atoms with van der Waals surface area (Å²) >= 11 is 0. The number of aliphatic imine (C=N–C) groups is 2. The first kappa shape index (κ1) is 27.1. The van der Waals surface area contributed by atoms with E-state index in [-0.39, 0.29) is 58.8 Å². The van der Waals surface area contributed by atoms with Crippen LogP contribution in [0.3, 0.4) is 0 Å². The molecule has 0 saturated heterocycles. The second-order valence-corrected chi connectivity index (χ2v) is 7.77. The molecule has 0 atom stereocenters. The number of hydrogen-bond donors (Lipinski definition) is 0. The van der Waals surface area contributed by atoms with E-state index in [1.807, 2.05) is 96.3 Å². The lowest BCUT2D eigenvalue weighted by atomic mass is 10.1. The van der Waals surface area contributed by atoms with E-state index < -0.39 is 0 Å². The fraction of sp³-hybridized carbons (Fsp3) is 0.154. The van der Waals surface area contributed by atoms with Gasteiger partial charge in [-0.25, -0.2) is 9.13 Å². The third-order valence-corrected chi connectivity index (χ3v) is 5.01. The maximum atomic E-state index is 12.6. The van der Waals surface area contributed by atoms with E-state index in [1.165, 1.54) is 0 Å². The third kappa shape index (κ3) is 6.95. The predicted octanol–water partition coefficient (Wildman–Crippen LogP) is 3.37. The molecule has 176 valence electrons. The third-order valence-electron chi connectivity index (χ3n) is 5.01. The molecule has 0 aliphatic heterocycles. The van der Waals surface area contributed by atoms with Crippen molar-refractivity contribution < 1.29 is 19.3 Å². The summed E-state index contributed by atoms with van der Waals surface area (Å²) in [4.78, 5) is 8.64. The fourth-order valence-electron chi connectivity index (χ4n) is 3.63. The number of hydrogen-bond acceptors (Lipinski definition) is 4. The van der Waals surface area contributed by atoms with Crippen LogP contribution < -0.4 is 19.3 Å². The number of fused-ring (bicyclic) bond motifs is 1. The molecular weight excluding hydrogens is 560 g/mol. The Morgan fingerprint density at radius 1 is 0.647 bits per heavy atom. The highest BCUT2D eigenvalue weighted by Gasteiger charge is 2.06. The average molecular weight is 586 g/mol. The van der Waals surface area contributed by atoms with Crippen molar-refractivity contribution >= 4 is 67.9 Å². The monoisotopic (exact) mass is 584 g/mol. The van der Waals surface area contributed by atoms with Crippen LogP contribution in [0.25, 0.3) is 10.8 Å². The van der Waals surface area contributed by atoms with Crippen LogP contribution in [0.2, 0.25) is 0 Å². The minimum atomic E-state index is -0.248. The van der Waals surface area contributed by atoms with E-state index in [0.717, 1.165) is 21.9 Å². The predicted molar refractivity (Wildman–Crippen MR) is 142 cm³/mol. The van der Waals surface area contributed by atoms with Gasteiger partial charge in [0.25, 0.3) is 0 Å². The van der Waals surface area contributed by atoms with Crippen LogP contribution in [0.1, 0.15) is 11.1 Å². The molecule has 6 nitrogen and oxygen atoms in total. The van der Waals surface area contributed by atoms with Crippen molar-refractivity contribution in [2.75, 3.05) is 0 Å². The minimum Gasteiger partial charge on any atom is -0.857 e. The van der Waals surface area contributed by atoms with E-state index in [0.29, 0.717) is 11.4 Å². The largest absolute Gasteiger partial charge is 0.857 e. The van der Waals surface area contributed by atoms with Crippen molar-refractivity contribution in [1.29, 1.82) is 0 Å². The van der Waals surface area contributed by atoms with Crippen molar-refractivity contribution in [2.24, 2.45) is 9.98 Å². The number of benzene rings is 2. The Morgan fingerprint density at radius 2 is 1.06 bits per heavy atom. The smallest absolute Gasteiger partial charge is 0.176 e. The molecule has 0 unspecified atom stereocenters. The molecule has 0 bridgehead atoms. The fourth-order valence-corrected chi connectivity index (χ4v) is 3.63. The van der Waals surface area contributed by atoms with Crippen molar-refractivity contribution in [3.8, 4) is 0 Å². The van der Waals surface area contributed by atoms with Gasteiger partial charge in [0.2, 0.25) is 0 Å². The van der Waals surface area contributed by atoms with E-state index in [2.05, 4.69) is 9.98 Å². The molecule has 2 heterocycles. The first-order valence-electron chi connectivity index (χ1n) is 10.4. The quantitative estimate of drug-likeness (QED) is 0.198. The van der Waals surface area contributed by atoms with Gasteiger partial charge in [0.1, 0.15) is 0 Å². The second-order valence-electron chi connectivity index (χ2n) is 7.77. The Hall–Kier alpha value is -3.10. The van der Waals surface area contributed by atoms with Gasteiger partial charge < -0.3 is 10.2 Å². The van der Waals surface area contributed by atoms with Gasteiger partial charge in [0, 0.05) is 45.8 Å². The van der Waals surface area contributed by atoms with Gasteiger partial charge in [-0.05, 0) is 38.1 Å². The number of rotatable bonds is 6. The van der Waals surface area contributed by atoms with Gasteiger partial charge in [-0.15, -0.1) is 34.0 Å². The molecule has 8 heteroatoms. The SMILES string of the molecule is Br.Br.Cc1ccc[n+](CC([O-])=Nc2cccc3c(N=C([O-])C[n+]4cccc(C)c4)cccc23)c1. The van der Waals surface area contributed by atoms with E-state index in [4.69, 9.17) is 0 Å². The Bertz CT molecular complexity index is 1240. The highest BCUT2D eigenvalue weighted by atomic mass is 79.9. The number of pyridine rings is 2. The summed E-state index contributed by atoms with van der Waals surface area (Å²) in [6, 6.07) is 18.8. The van der Waals surface area contributed by atoms with Crippen LogP contribution in [0, 0.1) is 13.8 Å². The van der Waals surface area contributed by atoms with Crippen LogP contribution >= 0.6 is 34.0 Å². The Morgan fingerprint density at radius 3 is 1.44 bits per heavy atom. The second kappa shape index (κ2) is 12.4. The molecule has 0 N–H and O–H groups in total. The van der Waals surface area contributed by atoms with Crippen molar-refractivity contribution in [3.63, 3.8) is 0 Å². The molecule has 0 radical (unpaired) electrons. The average Bonchev–Trinajstić information content (AvgIpc) is 2.74. The van der Waals surface area contributed by atoms with E-state index in [9.17, 15) is 10.2 Å². The lowest BCUT2D eigenvalue weighted by molar-refractivity contribution is -0.687. The molecule has 0 aliphatic carbocycles. The summed E-state index contributed by atoms with van der Waals surface area (Å²) in [5, 5.41) is 26.7. The highest BCUT2D eigenvalue weighted by molar-refractivity contribution is 8.93. The Kier molecular flexibility index (Phi) is 9.89. The van der Waals surface area contributed by atoms with Gasteiger partial charge >= 0.3 is 0 Å². The number of halogens is 2. The van der Waals surface area contributed by atoms with Gasteiger partial charge in [0.15, 0.2) is 37.9 Å². The summed E-state index contributed by atoms with van der Waals surface area (Å²) < 4.78 is 3.63. The van der Waals surface area contributed by atoms with Gasteiger partial charge in [-0.3, -0.25) is 9.98 Å². The van der Waals surface area contributed by atoms with Gasteiger partial charge in [-0.2, -0.15) is 0 Å². The summed E-state index contributed by atoms with van der Waals surface area (Å²) in [6.45, 7) is 4.28. The molecule has 4 rings (SSSR count). The molecule has 4 aromatic rings. The van der Waals surface area contributed by atoms with Crippen molar-refractivity contribution in [3.05, 3.63) is 96.6 Å². The lowest BCUT2D eigenvalue weighted by Crippen LogP contribution is -2.41. The van der Waals surface area contributed by atoms with Crippen LogP contribution in [-0.2, 0) is 13.1 Å². The molecule has 34 heavy (non-hydrogen) atoms. The molecule has 0 saturated carbocycles. The topological polar surface area (TPSA) is 78.6 Å². The van der Waals surface area contributed by atoms with Gasteiger partial charge in [-0.1, -0.05) is 24.3 Å². The first-order valence-corrected chi connectivity index (χ1v) is 10.4. The number of aryl methyl sites for hydroxylation is 2. The molecule has 2 aromatic carbocycles. The van der Waals surface area contributed by atoms with Crippen molar-refractivity contribution in [2.45, 2.75) is 26.9 Å². The zero-order chi connectivity index (χ0) is 22.5. The van der Waals surface area contributed by atoms with E-state index >= 15 is 0 Å². The highest BCUT2D eigenvalue weighted by Crippen LogP contribution is 2.32. The van der Waals surface area contributed by atoms with E-state index in [1.54, 1.807) is 12.1 Å². The molecule has 0 spiro atoms. The number of nitrogens with zero attached hydrogens (tertiary/aromatic N) is 4. The maximum absolute atomic E-state index is 12.6. The summed E-state index contributed by atoms with van der Waals surface area (Å²) in [6.07, 6.45) is 7.51. The molecule has 0 amide bonds. The lowest BCUT2D eigenvalue weighted by Gasteiger charge is -2.11. The standard InChI is InChI=1S/C26H24N4O2.2BrH/c1-19-7-5-13-29(15-19)17-25(31)27-23-11-3-10-22-21(23)9-4-12-24(22)28-26(32)18-30-14-6-8-20(2)16-30;;/h3-16H,17-18H2,1-2H3;2*1H. The summed E-state index contributed by atoms with van der Waals surface area (Å²) in [5.41, 5.74) is 3.28. The molecule has 0 fully saturated rings. The van der Waals surface area contributed by atoms with Crippen molar-refractivity contribution in [1.82, 2.24) is 0 Å². The number of aromatic nitrogens is 2. The maximum Gasteiger partial charge on any atom is 0.176 e. The van der Waals surface area contributed by atoms with Crippen LogP contribution in [0.4, 0.5) is 11.4 Å². The molecule has 0 aliphatic rings. The molecular formula is C26H26Br2N4O2. The Balaban J connectivity index is 0.00000204. The van der Waals surface area contributed by atoms with Crippen LogP contribution in [0.15, 0.2) is 95.4 Å². The van der Waals surface area contributed by atoms with Gasteiger partial charge in [0.05, 0.1) is 11.4 Å².